The largest absolute Gasteiger partial charge is 0.497 e. The van der Waals surface area contributed by atoms with E-state index < -0.39 is 0 Å². The summed E-state index contributed by atoms with van der Waals surface area (Å²) in [5.74, 6) is 2.46. The first-order valence-electron chi connectivity index (χ1n) is 11.6. The first-order valence-corrected chi connectivity index (χ1v) is 11.6. The molecule has 9 heteroatoms. The summed E-state index contributed by atoms with van der Waals surface area (Å²) in [6, 6.07) is 6.35. The van der Waals surface area contributed by atoms with Gasteiger partial charge in [0.25, 0.3) is 0 Å². The molecule has 0 amide bonds. The smallest absolute Gasteiger partial charge is 0.191 e. The number of aliphatic imine (C=N–C) groups is 1. The average Bonchev–Trinajstić information content (AvgIpc) is 3.24. The number of nitrogens with one attached hydrogen (secondary N) is 2. The maximum absolute atomic E-state index is 5.90. The molecule has 0 bridgehead atoms. The molecular weight excluding hydrogens is 533 g/mol. The standard InChI is InChI=1S/C24H41N5O3.HI/c1-17-13-29(14-18(2)32-17)24(3,4)16-26-23(25-5)27-19-8-9-28(15-19)20-10-21(30-6)12-22(11-20)31-7;/h10-12,17-19H,8-9,13-16H2,1-7H3,(H2,25,26,27);1H. The van der Waals surface area contributed by atoms with Gasteiger partial charge in [-0.15, -0.1) is 24.0 Å². The Bertz CT molecular complexity index is 759. The zero-order valence-corrected chi connectivity index (χ0v) is 23.5. The van der Waals surface area contributed by atoms with Crippen LogP contribution < -0.4 is 25.0 Å². The molecule has 0 aromatic heterocycles. The van der Waals surface area contributed by atoms with Crippen molar-refractivity contribution in [2.75, 3.05) is 58.9 Å². The molecule has 2 aliphatic rings. The van der Waals surface area contributed by atoms with E-state index in [1.54, 1.807) is 14.2 Å². The monoisotopic (exact) mass is 575 g/mol. The van der Waals surface area contributed by atoms with Gasteiger partial charge in [-0.1, -0.05) is 0 Å². The van der Waals surface area contributed by atoms with Crippen molar-refractivity contribution in [3.05, 3.63) is 18.2 Å². The van der Waals surface area contributed by atoms with Crippen LogP contribution in [0.4, 0.5) is 5.69 Å². The number of hydrogen-bond donors (Lipinski definition) is 2. The number of rotatable bonds is 7. The minimum atomic E-state index is 0. The van der Waals surface area contributed by atoms with E-state index in [-0.39, 0.29) is 41.7 Å². The summed E-state index contributed by atoms with van der Waals surface area (Å²) in [7, 11) is 5.20. The Morgan fingerprint density at radius 2 is 1.70 bits per heavy atom. The van der Waals surface area contributed by atoms with E-state index in [1.165, 1.54) is 0 Å². The first-order chi connectivity index (χ1) is 15.2. The topological polar surface area (TPSA) is 70.6 Å². The number of anilines is 1. The van der Waals surface area contributed by atoms with Crippen LogP contribution in [0.15, 0.2) is 23.2 Å². The minimum Gasteiger partial charge on any atom is -0.497 e. The summed E-state index contributed by atoms with van der Waals surface area (Å²) >= 11 is 0. The van der Waals surface area contributed by atoms with Crippen LogP contribution in [0.3, 0.4) is 0 Å². The lowest BCUT2D eigenvalue weighted by molar-refractivity contribution is -0.0946. The third kappa shape index (κ3) is 7.51. The van der Waals surface area contributed by atoms with Crippen LogP contribution in [0.1, 0.15) is 34.1 Å². The molecule has 2 aliphatic heterocycles. The van der Waals surface area contributed by atoms with E-state index in [1.807, 2.05) is 13.1 Å². The molecule has 2 heterocycles. The summed E-state index contributed by atoms with van der Waals surface area (Å²) in [5, 5.41) is 7.16. The van der Waals surface area contributed by atoms with Crippen LogP contribution in [0.2, 0.25) is 0 Å². The Morgan fingerprint density at radius 3 is 2.24 bits per heavy atom. The van der Waals surface area contributed by atoms with Crippen molar-refractivity contribution in [2.24, 2.45) is 4.99 Å². The maximum atomic E-state index is 5.90. The van der Waals surface area contributed by atoms with Gasteiger partial charge in [0.15, 0.2) is 5.96 Å². The van der Waals surface area contributed by atoms with Gasteiger partial charge in [0.1, 0.15) is 11.5 Å². The number of ether oxygens (including phenoxy) is 3. The van der Waals surface area contributed by atoms with Crippen LogP contribution in [0, 0.1) is 0 Å². The lowest BCUT2D eigenvalue weighted by atomic mass is 10.00. The molecule has 3 rings (SSSR count). The van der Waals surface area contributed by atoms with E-state index in [0.717, 1.165) is 62.3 Å². The van der Waals surface area contributed by atoms with E-state index in [4.69, 9.17) is 14.2 Å². The van der Waals surface area contributed by atoms with Gasteiger partial charge in [-0.25, -0.2) is 0 Å². The molecular formula is C24H42IN5O3. The SMILES string of the molecule is CN=C(NCC(C)(C)N1CC(C)OC(C)C1)NC1CCN(c2cc(OC)cc(OC)c2)C1.I. The predicted molar refractivity (Wildman–Crippen MR) is 146 cm³/mol. The highest BCUT2D eigenvalue weighted by molar-refractivity contribution is 14.0. The Morgan fingerprint density at radius 1 is 1.09 bits per heavy atom. The van der Waals surface area contributed by atoms with Gasteiger partial charge >= 0.3 is 0 Å². The third-order valence-electron chi connectivity index (χ3n) is 6.42. The normalized spacial score (nSPS) is 24.3. The fourth-order valence-corrected chi connectivity index (χ4v) is 4.56. The molecule has 0 aliphatic carbocycles. The van der Waals surface area contributed by atoms with Gasteiger partial charge in [0.2, 0.25) is 0 Å². The predicted octanol–water partition coefficient (Wildman–Crippen LogP) is 2.95. The highest BCUT2D eigenvalue weighted by atomic mass is 127. The van der Waals surface area contributed by atoms with E-state index in [0.29, 0.717) is 6.04 Å². The molecule has 3 atom stereocenters. The Hall–Kier alpha value is -1.46. The van der Waals surface area contributed by atoms with Crippen LogP contribution in [0.5, 0.6) is 11.5 Å². The minimum absolute atomic E-state index is 0. The van der Waals surface area contributed by atoms with Gasteiger partial charge < -0.3 is 29.7 Å². The van der Waals surface area contributed by atoms with Crippen molar-refractivity contribution in [2.45, 2.75) is 57.9 Å². The number of nitrogens with zero attached hydrogens (tertiary/aromatic N) is 3. The van der Waals surface area contributed by atoms with E-state index in [2.05, 4.69) is 65.3 Å². The zero-order chi connectivity index (χ0) is 23.3. The molecule has 0 radical (unpaired) electrons. The molecule has 0 saturated carbocycles. The molecule has 1 aromatic rings. The van der Waals surface area contributed by atoms with Crippen LogP contribution in [-0.2, 0) is 4.74 Å². The first kappa shape index (κ1) is 27.8. The van der Waals surface area contributed by atoms with Crippen molar-refractivity contribution >= 4 is 35.6 Å². The molecule has 2 fully saturated rings. The zero-order valence-electron chi connectivity index (χ0n) is 21.2. The number of guanidine groups is 1. The molecule has 1 aromatic carbocycles. The van der Waals surface area contributed by atoms with Gasteiger partial charge in [-0.2, -0.15) is 0 Å². The number of morpholine rings is 1. The van der Waals surface area contributed by atoms with Gasteiger partial charge in [-0.05, 0) is 34.1 Å². The molecule has 0 spiro atoms. The Kier molecular flexibility index (Phi) is 10.4. The van der Waals surface area contributed by atoms with Gasteiger partial charge in [-0.3, -0.25) is 9.89 Å². The van der Waals surface area contributed by atoms with E-state index in [9.17, 15) is 0 Å². The fraction of sp³-hybridized carbons (Fsp3) is 0.708. The number of benzene rings is 1. The van der Waals surface area contributed by atoms with Crippen LogP contribution in [0.25, 0.3) is 0 Å². The highest BCUT2D eigenvalue weighted by Gasteiger charge is 2.33. The quantitative estimate of drug-likeness (QED) is 0.295. The second-order valence-electron chi connectivity index (χ2n) is 9.55. The van der Waals surface area contributed by atoms with Crippen molar-refractivity contribution in [3.63, 3.8) is 0 Å². The van der Waals surface area contributed by atoms with Crippen molar-refractivity contribution in [1.29, 1.82) is 0 Å². The summed E-state index contributed by atoms with van der Waals surface area (Å²) < 4.78 is 16.8. The number of methoxy groups -OCH3 is 2. The fourth-order valence-electron chi connectivity index (χ4n) is 4.56. The Labute approximate surface area is 216 Å². The van der Waals surface area contributed by atoms with Crippen LogP contribution >= 0.6 is 24.0 Å². The average molecular weight is 576 g/mol. The maximum Gasteiger partial charge on any atom is 0.191 e. The summed E-state index contributed by atoms with van der Waals surface area (Å²) in [6.07, 6.45) is 1.56. The molecule has 3 unspecified atom stereocenters. The molecule has 188 valence electrons. The van der Waals surface area contributed by atoms with Gasteiger partial charge in [0, 0.05) is 75.2 Å². The summed E-state index contributed by atoms with van der Waals surface area (Å²) in [4.78, 5) is 9.35. The van der Waals surface area contributed by atoms with Crippen molar-refractivity contribution in [3.8, 4) is 11.5 Å². The Balaban J connectivity index is 0.00000385. The summed E-state index contributed by atoms with van der Waals surface area (Å²) in [6.45, 7) is 13.5. The molecule has 2 saturated heterocycles. The lowest BCUT2D eigenvalue weighted by Gasteiger charge is -2.45. The highest BCUT2D eigenvalue weighted by Crippen LogP contribution is 2.30. The second-order valence-corrected chi connectivity index (χ2v) is 9.55. The van der Waals surface area contributed by atoms with Gasteiger partial charge in [0.05, 0.1) is 26.4 Å². The summed E-state index contributed by atoms with van der Waals surface area (Å²) in [5.41, 5.74) is 1.12. The molecule has 2 N–H and O–H groups in total. The number of halogens is 1. The van der Waals surface area contributed by atoms with Crippen LogP contribution in [-0.4, -0.2) is 88.6 Å². The lowest BCUT2D eigenvalue weighted by Crippen LogP contribution is -2.59. The molecule has 33 heavy (non-hydrogen) atoms. The third-order valence-corrected chi connectivity index (χ3v) is 6.42. The van der Waals surface area contributed by atoms with E-state index >= 15 is 0 Å². The second kappa shape index (κ2) is 12.3. The number of hydrogen-bond acceptors (Lipinski definition) is 6. The molecule has 8 nitrogen and oxygen atoms in total. The van der Waals surface area contributed by atoms with Crippen molar-refractivity contribution in [1.82, 2.24) is 15.5 Å². The van der Waals surface area contributed by atoms with Crippen molar-refractivity contribution < 1.29 is 14.2 Å².